The van der Waals surface area contributed by atoms with Gasteiger partial charge in [0.1, 0.15) is 11.5 Å². The van der Waals surface area contributed by atoms with E-state index in [0.29, 0.717) is 11.5 Å². The third-order valence-electron chi connectivity index (χ3n) is 2.85. The normalized spacial score (nSPS) is 10.2. The first-order chi connectivity index (χ1) is 9.58. The Morgan fingerprint density at radius 2 is 1.85 bits per heavy atom. The van der Waals surface area contributed by atoms with Crippen LogP contribution < -0.4 is 9.47 Å². The van der Waals surface area contributed by atoms with Gasteiger partial charge in [-0.15, -0.1) is 0 Å². The maximum atomic E-state index is 13.9. The van der Waals surface area contributed by atoms with Gasteiger partial charge in [0, 0.05) is 0 Å². The van der Waals surface area contributed by atoms with Crippen molar-refractivity contribution >= 4 is 17.4 Å². The molecule has 0 aromatic heterocycles. The molecule has 0 saturated carbocycles. The van der Waals surface area contributed by atoms with Crippen molar-refractivity contribution in [3.63, 3.8) is 0 Å². The Bertz CT molecular complexity index is 656. The number of ether oxygens (including phenoxy) is 2. The Morgan fingerprint density at radius 1 is 1.10 bits per heavy atom. The zero-order chi connectivity index (χ0) is 14.7. The first kappa shape index (κ1) is 14.3. The van der Waals surface area contributed by atoms with E-state index >= 15 is 0 Å². The van der Waals surface area contributed by atoms with Gasteiger partial charge in [-0.3, -0.25) is 4.79 Å². The summed E-state index contributed by atoms with van der Waals surface area (Å²) in [5.74, 6) is -0.434. The quantitative estimate of drug-likeness (QED) is 0.806. The molecule has 0 saturated heterocycles. The number of carbonyl (C=O) groups excluding carboxylic acids is 1. The van der Waals surface area contributed by atoms with Crippen LogP contribution in [0.5, 0.6) is 11.5 Å². The predicted octanol–water partition coefficient (Wildman–Crippen LogP) is 3.73. The van der Waals surface area contributed by atoms with Crippen LogP contribution in [0, 0.1) is 5.82 Å². The SMILES string of the molecule is COc1ccc(OC)c(C(=O)c2cccc(Cl)c2F)c1. The molecule has 20 heavy (non-hydrogen) atoms. The molecule has 2 aromatic carbocycles. The first-order valence-electron chi connectivity index (χ1n) is 5.79. The summed E-state index contributed by atoms with van der Waals surface area (Å²) in [6.07, 6.45) is 0. The highest BCUT2D eigenvalue weighted by Crippen LogP contribution is 2.28. The molecule has 0 spiro atoms. The van der Waals surface area contributed by atoms with Crippen LogP contribution in [0.2, 0.25) is 5.02 Å². The van der Waals surface area contributed by atoms with E-state index in [4.69, 9.17) is 21.1 Å². The van der Waals surface area contributed by atoms with Gasteiger partial charge in [0.25, 0.3) is 0 Å². The number of halogens is 2. The monoisotopic (exact) mass is 294 g/mol. The molecule has 3 nitrogen and oxygen atoms in total. The summed E-state index contributed by atoms with van der Waals surface area (Å²) in [6.45, 7) is 0. The van der Waals surface area contributed by atoms with Gasteiger partial charge in [0.2, 0.25) is 0 Å². The van der Waals surface area contributed by atoms with Crippen molar-refractivity contribution in [3.05, 3.63) is 58.4 Å². The molecule has 0 unspecified atom stereocenters. The number of hydrogen-bond donors (Lipinski definition) is 0. The van der Waals surface area contributed by atoms with Gasteiger partial charge in [0.05, 0.1) is 30.4 Å². The molecule has 0 atom stereocenters. The predicted molar refractivity (Wildman–Crippen MR) is 74.4 cm³/mol. The van der Waals surface area contributed by atoms with Crippen molar-refractivity contribution < 1.29 is 18.7 Å². The molecule has 0 aliphatic rings. The molecule has 0 amide bonds. The van der Waals surface area contributed by atoms with Gasteiger partial charge >= 0.3 is 0 Å². The van der Waals surface area contributed by atoms with E-state index in [0.717, 1.165) is 0 Å². The average Bonchev–Trinajstić information content (AvgIpc) is 2.48. The summed E-state index contributed by atoms with van der Waals surface area (Å²) in [7, 11) is 2.92. The fourth-order valence-corrected chi connectivity index (χ4v) is 1.99. The molecule has 2 rings (SSSR count). The van der Waals surface area contributed by atoms with E-state index in [-0.39, 0.29) is 16.1 Å². The van der Waals surface area contributed by atoms with Crippen LogP contribution in [0.15, 0.2) is 36.4 Å². The van der Waals surface area contributed by atoms with Gasteiger partial charge in [-0.05, 0) is 30.3 Å². The van der Waals surface area contributed by atoms with E-state index in [1.807, 2.05) is 0 Å². The summed E-state index contributed by atoms with van der Waals surface area (Å²) in [5.41, 5.74) is 0.108. The van der Waals surface area contributed by atoms with Crippen LogP contribution in [0.1, 0.15) is 15.9 Å². The largest absolute Gasteiger partial charge is 0.497 e. The molecule has 0 aliphatic carbocycles. The Balaban J connectivity index is 2.55. The molecular weight excluding hydrogens is 283 g/mol. The summed E-state index contributed by atoms with van der Waals surface area (Å²) >= 11 is 5.69. The smallest absolute Gasteiger partial charge is 0.199 e. The van der Waals surface area contributed by atoms with Crippen molar-refractivity contribution in [1.29, 1.82) is 0 Å². The second kappa shape index (κ2) is 5.92. The zero-order valence-corrected chi connectivity index (χ0v) is 11.7. The number of methoxy groups -OCH3 is 2. The van der Waals surface area contributed by atoms with Gasteiger partial charge in [-0.1, -0.05) is 17.7 Å². The highest BCUT2D eigenvalue weighted by molar-refractivity contribution is 6.31. The lowest BCUT2D eigenvalue weighted by Gasteiger charge is -2.10. The van der Waals surface area contributed by atoms with E-state index in [9.17, 15) is 9.18 Å². The van der Waals surface area contributed by atoms with E-state index in [2.05, 4.69) is 0 Å². The Hall–Kier alpha value is -2.07. The Morgan fingerprint density at radius 3 is 2.50 bits per heavy atom. The standard InChI is InChI=1S/C15H12ClFO3/c1-19-9-6-7-13(20-2)11(8-9)15(18)10-4-3-5-12(16)14(10)17/h3-8H,1-2H3. The van der Waals surface area contributed by atoms with Crippen molar-refractivity contribution in [3.8, 4) is 11.5 Å². The lowest BCUT2D eigenvalue weighted by Crippen LogP contribution is -2.07. The summed E-state index contributed by atoms with van der Waals surface area (Å²) in [6, 6.07) is 9.03. The lowest BCUT2D eigenvalue weighted by molar-refractivity contribution is 0.103. The number of carbonyl (C=O) groups is 1. The molecule has 2 aromatic rings. The molecular formula is C15H12ClFO3. The molecule has 0 heterocycles. The molecule has 0 bridgehead atoms. The fourth-order valence-electron chi connectivity index (χ4n) is 1.82. The van der Waals surface area contributed by atoms with Gasteiger partial charge in [-0.25, -0.2) is 4.39 Å². The summed E-state index contributed by atoms with van der Waals surface area (Å²) in [4.78, 5) is 12.4. The number of benzene rings is 2. The molecule has 104 valence electrons. The van der Waals surface area contributed by atoms with E-state index in [1.165, 1.54) is 38.5 Å². The molecule has 0 N–H and O–H groups in total. The summed E-state index contributed by atoms with van der Waals surface area (Å²) < 4.78 is 24.1. The second-order valence-corrected chi connectivity index (χ2v) is 4.40. The van der Waals surface area contributed by atoms with Gasteiger partial charge in [-0.2, -0.15) is 0 Å². The molecule has 5 heteroatoms. The first-order valence-corrected chi connectivity index (χ1v) is 6.17. The van der Waals surface area contributed by atoms with Crippen LogP contribution in [-0.2, 0) is 0 Å². The highest BCUT2D eigenvalue weighted by atomic mass is 35.5. The number of rotatable bonds is 4. The number of ketones is 1. The number of hydrogen-bond acceptors (Lipinski definition) is 3. The second-order valence-electron chi connectivity index (χ2n) is 4.00. The molecule has 0 radical (unpaired) electrons. The zero-order valence-electron chi connectivity index (χ0n) is 10.9. The van der Waals surface area contributed by atoms with Crippen molar-refractivity contribution in [2.24, 2.45) is 0 Å². The van der Waals surface area contributed by atoms with Crippen molar-refractivity contribution in [2.45, 2.75) is 0 Å². The fraction of sp³-hybridized carbons (Fsp3) is 0.133. The van der Waals surface area contributed by atoms with Crippen LogP contribution >= 0.6 is 11.6 Å². The molecule has 0 aliphatic heterocycles. The maximum Gasteiger partial charge on any atom is 0.199 e. The van der Waals surface area contributed by atoms with Crippen LogP contribution in [0.3, 0.4) is 0 Å². The van der Waals surface area contributed by atoms with Crippen LogP contribution in [0.4, 0.5) is 4.39 Å². The Kier molecular flexibility index (Phi) is 4.25. The third-order valence-corrected chi connectivity index (χ3v) is 3.14. The highest BCUT2D eigenvalue weighted by Gasteiger charge is 2.20. The minimum atomic E-state index is -0.746. The topological polar surface area (TPSA) is 35.5 Å². The Labute approximate surface area is 120 Å². The maximum absolute atomic E-state index is 13.9. The summed E-state index contributed by atoms with van der Waals surface area (Å²) in [5, 5.41) is -0.0993. The van der Waals surface area contributed by atoms with Crippen molar-refractivity contribution in [1.82, 2.24) is 0 Å². The minimum Gasteiger partial charge on any atom is -0.497 e. The third kappa shape index (κ3) is 2.60. The van der Waals surface area contributed by atoms with Gasteiger partial charge < -0.3 is 9.47 Å². The van der Waals surface area contributed by atoms with Gasteiger partial charge in [0.15, 0.2) is 11.6 Å². The van der Waals surface area contributed by atoms with Crippen LogP contribution in [-0.4, -0.2) is 20.0 Å². The minimum absolute atomic E-state index is 0.0993. The lowest BCUT2D eigenvalue weighted by atomic mass is 10.0. The van der Waals surface area contributed by atoms with E-state index in [1.54, 1.807) is 12.1 Å². The molecule has 0 fully saturated rings. The van der Waals surface area contributed by atoms with Crippen molar-refractivity contribution in [2.75, 3.05) is 14.2 Å². The average molecular weight is 295 g/mol. The van der Waals surface area contributed by atoms with Crippen LogP contribution in [0.25, 0.3) is 0 Å². The van der Waals surface area contributed by atoms with E-state index < -0.39 is 11.6 Å².